The number of hydrogen-bond acceptors (Lipinski definition) is 4. The minimum absolute atomic E-state index is 0.0411. The Morgan fingerprint density at radius 3 is 2.67 bits per heavy atom. The number of anilines is 1. The Morgan fingerprint density at radius 1 is 1.50 bits per heavy atom. The lowest BCUT2D eigenvalue weighted by Crippen LogP contribution is -2.33. The average molecular weight is 269 g/mol. The Bertz CT molecular complexity index is 536. The number of nitrogens with two attached hydrogens (primary N) is 1. The molecular weight excluding hydrogens is 250 g/mol. The van der Waals surface area contributed by atoms with Crippen LogP contribution >= 0.6 is 0 Å². The van der Waals surface area contributed by atoms with Crippen molar-refractivity contribution in [2.75, 3.05) is 12.3 Å². The second kappa shape index (κ2) is 4.51. The van der Waals surface area contributed by atoms with Crippen molar-refractivity contribution >= 4 is 15.8 Å². The average Bonchev–Trinajstić information content (AvgIpc) is 3.08. The highest BCUT2D eigenvalue weighted by atomic mass is 32.2. The molecule has 6 heteroatoms. The minimum atomic E-state index is -3.56. The van der Waals surface area contributed by atoms with E-state index in [0.717, 1.165) is 12.8 Å². The lowest BCUT2D eigenvalue weighted by Gasteiger charge is -2.20. The van der Waals surface area contributed by atoms with Crippen LogP contribution in [0, 0.1) is 11.3 Å². The second-order valence-corrected chi connectivity index (χ2v) is 6.96. The fourth-order valence-electron chi connectivity index (χ4n) is 2.07. The van der Waals surface area contributed by atoms with E-state index in [1.54, 1.807) is 6.07 Å². The first kappa shape index (κ1) is 13.3. The van der Waals surface area contributed by atoms with Gasteiger partial charge in [-0.3, -0.25) is 0 Å². The van der Waals surface area contributed by atoms with Gasteiger partial charge in [0.25, 0.3) is 0 Å². The van der Waals surface area contributed by atoms with Gasteiger partial charge in [-0.05, 0) is 36.3 Å². The summed E-state index contributed by atoms with van der Waals surface area (Å²) in [6, 6.07) is 3.04. The SMILES string of the molecule is CC(C)C1(CNS(=O)(=O)c2cccnc2N)CC1. The molecule has 18 heavy (non-hydrogen) atoms. The van der Waals surface area contributed by atoms with Crippen molar-refractivity contribution in [1.29, 1.82) is 0 Å². The summed E-state index contributed by atoms with van der Waals surface area (Å²) in [5.74, 6) is 0.519. The molecular formula is C12H19N3O2S. The smallest absolute Gasteiger partial charge is 0.244 e. The van der Waals surface area contributed by atoms with E-state index >= 15 is 0 Å². The molecule has 0 atom stereocenters. The van der Waals surface area contributed by atoms with E-state index < -0.39 is 10.0 Å². The van der Waals surface area contributed by atoms with Gasteiger partial charge in [0, 0.05) is 12.7 Å². The molecule has 0 unspecified atom stereocenters. The molecule has 0 aliphatic heterocycles. The van der Waals surface area contributed by atoms with Gasteiger partial charge in [0.2, 0.25) is 10.0 Å². The van der Waals surface area contributed by atoms with Gasteiger partial charge in [0.05, 0.1) is 0 Å². The topological polar surface area (TPSA) is 85.1 Å². The van der Waals surface area contributed by atoms with Gasteiger partial charge in [0.15, 0.2) is 0 Å². The number of nitrogens with zero attached hydrogens (tertiary/aromatic N) is 1. The van der Waals surface area contributed by atoms with Gasteiger partial charge < -0.3 is 5.73 Å². The molecule has 2 rings (SSSR count). The van der Waals surface area contributed by atoms with Crippen LogP contribution in [0.15, 0.2) is 23.2 Å². The summed E-state index contributed by atoms with van der Waals surface area (Å²) in [5, 5.41) is 0. The van der Waals surface area contributed by atoms with Crippen molar-refractivity contribution in [3.63, 3.8) is 0 Å². The number of hydrogen-bond donors (Lipinski definition) is 2. The van der Waals surface area contributed by atoms with E-state index in [1.807, 2.05) is 0 Å². The van der Waals surface area contributed by atoms with E-state index in [0.29, 0.717) is 12.5 Å². The highest BCUT2D eigenvalue weighted by molar-refractivity contribution is 7.89. The zero-order chi connectivity index (χ0) is 13.4. The number of nitrogens with one attached hydrogen (secondary N) is 1. The Kier molecular flexibility index (Phi) is 3.33. The Balaban J connectivity index is 2.12. The third-order valence-electron chi connectivity index (χ3n) is 3.82. The maximum atomic E-state index is 12.1. The quantitative estimate of drug-likeness (QED) is 0.845. The standard InChI is InChI=1S/C12H19N3O2S/c1-9(2)12(5-6-12)8-15-18(16,17)10-4-3-7-14-11(10)13/h3-4,7,9,15H,5-6,8H2,1-2H3,(H2,13,14). The zero-order valence-electron chi connectivity index (χ0n) is 10.7. The molecule has 0 spiro atoms. The molecule has 0 amide bonds. The van der Waals surface area contributed by atoms with Gasteiger partial charge in [-0.2, -0.15) is 0 Å². The van der Waals surface area contributed by atoms with Crippen molar-refractivity contribution in [3.8, 4) is 0 Å². The fourth-order valence-corrected chi connectivity index (χ4v) is 3.28. The molecule has 0 bridgehead atoms. The first-order chi connectivity index (χ1) is 8.37. The maximum Gasteiger partial charge on any atom is 0.244 e. The monoisotopic (exact) mass is 269 g/mol. The third-order valence-corrected chi connectivity index (χ3v) is 5.27. The number of pyridine rings is 1. The molecule has 0 aromatic carbocycles. The maximum absolute atomic E-state index is 12.1. The highest BCUT2D eigenvalue weighted by Gasteiger charge is 2.45. The van der Waals surface area contributed by atoms with Crippen molar-refractivity contribution in [2.45, 2.75) is 31.6 Å². The molecule has 0 radical (unpaired) electrons. The van der Waals surface area contributed by atoms with Crippen LogP contribution in [0.25, 0.3) is 0 Å². The van der Waals surface area contributed by atoms with E-state index in [9.17, 15) is 8.42 Å². The van der Waals surface area contributed by atoms with Crippen LogP contribution < -0.4 is 10.5 Å². The summed E-state index contributed by atoms with van der Waals surface area (Å²) in [4.78, 5) is 3.86. The van der Waals surface area contributed by atoms with Crippen LogP contribution in [-0.4, -0.2) is 19.9 Å². The first-order valence-corrected chi connectivity index (χ1v) is 7.56. The summed E-state index contributed by atoms with van der Waals surface area (Å²) in [6.07, 6.45) is 3.64. The third kappa shape index (κ3) is 2.49. The normalized spacial score (nSPS) is 17.9. The predicted octanol–water partition coefficient (Wildman–Crippen LogP) is 1.38. The Labute approximate surface area is 108 Å². The van der Waals surface area contributed by atoms with E-state index in [2.05, 4.69) is 23.6 Å². The zero-order valence-corrected chi connectivity index (χ0v) is 11.5. The van der Waals surface area contributed by atoms with Crippen LogP contribution in [0.4, 0.5) is 5.82 Å². The minimum Gasteiger partial charge on any atom is -0.383 e. The molecule has 1 fully saturated rings. The van der Waals surface area contributed by atoms with E-state index in [1.165, 1.54) is 12.3 Å². The Morgan fingerprint density at radius 2 is 2.17 bits per heavy atom. The molecule has 1 aliphatic rings. The Hall–Kier alpha value is -1.14. The van der Waals surface area contributed by atoms with E-state index in [4.69, 9.17) is 5.73 Å². The van der Waals surface area contributed by atoms with Gasteiger partial charge >= 0.3 is 0 Å². The van der Waals surface area contributed by atoms with Crippen LogP contribution in [0.1, 0.15) is 26.7 Å². The number of aromatic nitrogens is 1. The van der Waals surface area contributed by atoms with Gasteiger partial charge in [0.1, 0.15) is 10.7 Å². The largest absolute Gasteiger partial charge is 0.383 e. The summed E-state index contributed by atoms with van der Waals surface area (Å²) in [7, 11) is -3.56. The molecule has 3 N–H and O–H groups in total. The van der Waals surface area contributed by atoms with Crippen molar-refractivity contribution < 1.29 is 8.42 Å². The lowest BCUT2D eigenvalue weighted by atomic mass is 9.93. The number of sulfonamides is 1. The lowest BCUT2D eigenvalue weighted by molar-refractivity contribution is 0.357. The predicted molar refractivity (Wildman–Crippen MR) is 70.3 cm³/mol. The molecule has 0 saturated heterocycles. The number of nitrogen functional groups attached to an aromatic ring is 1. The summed E-state index contributed by atoms with van der Waals surface area (Å²) in [5.41, 5.74) is 5.72. The molecule has 1 saturated carbocycles. The first-order valence-electron chi connectivity index (χ1n) is 6.07. The van der Waals surface area contributed by atoms with Crippen molar-refractivity contribution in [3.05, 3.63) is 18.3 Å². The molecule has 1 aromatic rings. The van der Waals surface area contributed by atoms with Crippen LogP contribution in [-0.2, 0) is 10.0 Å². The molecule has 5 nitrogen and oxygen atoms in total. The summed E-state index contributed by atoms with van der Waals surface area (Å²) >= 11 is 0. The molecule has 1 aliphatic carbocycles. The summed E-state index contributed by atoms with van der Waals surface area (Å²) < 4.78 is 26.9. The summed E-state index contributed by atoms with van der Waals surface area (Å²) in [6.45, 7) is 4.72. The molecule has 100 valence electrons. The second-order valence-electron chi connectivity index (χ2n) is 5.23. The molecule has 1 aromatic heterocycles. The fraction of sp³-hybridized carbons (Fsp3) is 0.583. The van der Waals surface area contributed by atoms with Crippen LogP contribution in [0.2, 0.25) is 0 Å². The van der Waals surface area contributed by atoms with E-state index in [-0.39, 0.29) is 16.1 Å². The van der Waals surface area contributed by atoms with Crippen molar-refractivity contribution in [2.24, 2.45) is 11.3 Å². The highest BCUT2D eigenvalue weighted by Crippen LogP contribution is 2.51. The van der Waals surface area contributed by atoms with Crippen LogP contribution in [0.5, 0.6) is 0 Å². The van der Waals surface area contributed by atoms with Gasteiger partial charge in [-0.25, -0.2) is 18.1 Å². The van der Waals surface area contributed by atoms with Crippen LogP contribution in [0.3, 0.4) is 0 Å². The van der Waals surface area contributed by atoms with Gasteiger partial charge in [-0.15, -0.1) is 0 Å². The van der Waals surface area contributed by atoms with Crippen molar-refractivity contribution in [1.82, 2.24) is 9.71 Å². The number of rotatable bonds is 5. The molecule has 1 heterocycles. The van der Waals surface area contributed by atoms with Gasteiger partial charge in [-0.1, -0.05) is 13.8 Å².